The van der Waals surface area contributed by atoms with Crippen LogP contribution in [0.2, 0.25) is 0 Å². The molecular weight excluding hydrogens is 394 g/mol. The van der Waals surface area contributed by atoms with Gasteiger partial charge in [0.2, 0.25) is 0 Å². The van der Waals surface area contributed by atoms with E-state index in [4.69, 9.17) is 5.11 Å². The van der Waals surface area contributed by atoms with Crippen molar-refractivity contribution in [3.05, 3.63) is 101 Å². The number of carbonyl (C=O) groups excluding carboxylic acids is 1. The van der Waals surface area contributed by atoms with Crippen molar-refractivity contribution < 1.29 is 14.7 Å². The molecule has 0 fully saturated rings. The molecule has 0 bridgehead atoms. The molecule has 2 N–H and O–H groups in total. The average molecular weight is 416 g/mol. The first-order valence-electron chi connectivity index (χ1n) is 9.37. The van der Waals surface area contributed by atoms with Crippen LogP contribution in [0.15, 0.2) is 77.7 Å². The van der Waals surface area contributed by atoms with Gasteiger partial charge < -0.3 is 10.4 Å². The molecule has 30 heavy (non-hydrogen) atoms. The summed E-state index contributed by atoms with van der Waals surface area (Å²) in [5, 5.41) is 11.8. The molecule has 0 heterocycles. The van der Waals surface area contributed by atoms with Crippen LogP contribution in [0.3, 0.4) is 0 Å². The predicted octanol–water partition coefficient (Wildman–Crippen LogP) is 4.63. The Kier molecular flexibility index (Phi) is 7.31. The van der Waals surface area contributed by atoms with Crippen LogP contribution in [0.5, 0.6) is 0 Å². The molecule has 0 spiro atoms. The van der Waals surface area contributed by atoms with Crippen LogP contribution in [-0.4, -0.2) is 23.2 Å². The monoisotopic (exact) mass is 415 g/mol. The molecule has 5 heteroatoms. The lowest BCUT2D eigenvalue weighted by atomic mass is 10.1. The Morgan fingerprint density at radius 2 is 1.63 bits per heavy atom. The molecule has 3 rings (SSSR count). The van der Waals surface area contributed by atoms with Crippen LogP contribution in [0.4, 0.5) is 0 Å². The third kappa shape index (κ3) is 6.00. The zero-order valence-electron chi connectivity index (χ0n) is 16.5. The van der Waals surface area contributed by atoms with Crippen molar-refractivity contribution in [3.63, 3.8) is 0 Å². The molecule has 4 nitrogen and oxygen atoms in total. The summed E-state index contributed by atoms with van der Waals surface area (Å²) in [6.07, 6.45) is 2.70. The van der Waals surface area contributed by atoms with Gasteiger partial charge in [-0.3, -0.25) is 4.79 Å². The molecule has 3 aromatic carbocycles. The summed E-state index contributed by atoms with van der Waals surface area (Å²) in [5.41, 5.74) is 3.53. The largest absolute Gasteiger partial charge is 0.478 e. The Balaban J connectivity index is 1.58. The summed E-state index contributed by atoms with van der Waals surface area (Å²) < 4.78 is 0. The number of hydrogen-bond acceptors (Lipinski definition) is 3. The fourth-order valence-corrected chi connectivity index (χ4v) is 3.19. The number of amides is 1. The van der Waals surface area contributed by atoms with E-state index in [0.29, 0.717) is 18.5 Å². The van der Waals surface area contributed by atoms with E-state index in [2.05, 4.69) is 41.4 Å². The van der Waals surface area contributed by atoms with Crippen molar-refractivity contribution in [2.45, 2.75) is 17.9 Å². The molecule has 0 aromatic heterocycles. The minimum Gasteiger partial charge on any atom is -0.478 e. The van der Waals surface area contributed by atoms with E-state index in [0.717, 1.165) is 16.7 Å². The standard InChI is InChI=1S/C25H21NO3S/c1-30-23-14-10-18(11-15-23)4-2-5-19-6-3-7-22(16-19)24(27)26-17-20-8-12-21(13-9-20)25(28)29/h3,6-16H,4,17H2,1H3,(H,26,27)(H,28,29). The van der Waals surface area contributed by atoms with E-state index in [-0.39, 0.29) is 11.5 Å². The second-order valence-electron chi connectivity index (χ2n) is 6.59. The van der Waals surface area contributed by atoms with Gasteiger partial charge in [-0.1, -0.05) is 42.2 Å². The van der Waals surface area contributed by atoms with E-state index in [1.807, 2.05) is 18.4 Å². The highest BCUT2D eigenvalue weighted by Crippen LogP contribution is 2.15. The lowest BCUT2D eigenvalue weighted by molar-refractivity contribution is 0.0696. The van der Waals surface area contributed by atoms with Gasteiger partial charge in [0.05, 0.1) is 5.56 Å². The van der Waals surface area contributed by atoms with E-state index >= 15 is 0 Å². The first-order chi connectivity index (χ1) is 14.5. The Bertz CT molecular complexity index is 1090. The number of rotatable bonds is 6. The van der Waals surface area contributed by atoms with Crippen LogP contribution >= 0.6 is 11.8 Å². The van der Waals surface area contributed by atoms with Crippen LogP contribution in [0.25, 0.3) is 0 Å². The first kappa shape index (κ1) is 21.2. The van der Waals surface area contributed by atoms with Crippen molar-refractivity contribution in [1.29, 1.82) is 0 Å². The minimum atomic E-state index is -0.972. The van der Waals surface area contributed by atoms with Crippen LogP contribution in [-0.2, 0) is 13.0 Å². The van der Waals surface area contributed by atoms with Crippen molar-refractivity contribution in [3.8, 4) is 11.8 Å². The zero-order valence-corrected chi connectivity index (χ0v) is 17.3. The number of carbonyl (C=O) groups is 2. The summed E-state index contributed by atoms with van der Waals surface area (Å²) >= 11 is 1.71. The molecule has 0 unspecified atom stereocenters. The van der Waals surface area contributed by atoms with Crippen LogP contribution in [0, 0.1) is 11.8 Å². The number of carboxylic acids is 1. The maximum absolute atomic E-state index is 12.4. The highest BCUT2D eigenvalue weighted by atomic mass is 32.2. The van der Waals surface area contributed by atoms with Gasteiger partial charge in [-0.15, -0.1) is 11.8 Å². The van der Waals surface area contributed by atoms with Crippen molar-refractivity contribution in [2.75, 3.05) is 6.26 Å². The molecule has 0 aliphatic rings. The van der Waals surface area contributed by atoms with E-state index in [1.54, 1.807) is 36.0 Å². The molecule has 0 aliphatic carbocycles. The highest BCUT2D eigenvalue weighted by Gasteiger charge is 2.06. The molecule has 0 saturated heterocycles. The van der Waals surface area contributed by atoms with Crippen molar-refractivity contribution >= 4 is 23.6 Å². The lowest BCUT2D eigenvalue weighted by Crippen LogP contribution is -2.22. The molecule has 1 amide bonds. The quantitative estimate of drug-likeness (QED) is 0.455. The van der Waals surface area contributed by atoms with Crippen LogP contribution in [0.1, 0.15) is 37.4 Å². The number of thioether (sulfide) groups is 1. The third-order valence-electron chi connectivity index (χ3n) is 4.46. The molecule has 3 aromatic rings. The van der Waals surface area contributed by atoms with Gasteiger partial charge in [0.15, 0.2) is 0 Å². The number of aromatic carboxylic acids is 1. The Morgan fingerprint density at radius 3 is 2.30 bits per heavy atom. The second-order valence-corrected chi connectivity index (χ2v) is 7.47. The van der Waals surface area contributed by atoms with Gasteiger partial charge >= 0.3 is 5.97 Å². The average Bonchev–Trinajstić information content (AvgIpc) is 2.78. The Labute approximate surface area is 180 Å². The normalized spacial score (nSPS) is 10.0. The molecule has 0 saturated carbocycles. The maximum Gasteiger partial charge on any atom is 0.335 e. The van der Waals surface area contributed by atoms with E-state index in [1.165, 1.54) is 17.0 Å². The fraction of sp³-hybridized carbons (Fsp3) is 0.120. The highest BCUT2D eigenvalue weighted by molar-refractivity contribution is 7.98. The second kappa shape index (κ2) is 10.3. The Morgan fingerprint density at radius 1 is 0.933 bits per heavy atom. The summed E-state index contributed by atoms with van der Waals surface area (Å²) in [4.78, 5) is 24.6. The molecular formula is C25H21NO3S. The number of hydrogen-bond donors (Lipinski definition) is 2. The number of carboxylic acid groups (broad SMARTS) is 1. The fourth-order valence-electron chi connectivity index (χ4n) is 2.78. The summed E-state index contributed by atoms with van der Waals surface area (Å²) in [7, 11) is 0. The number of nitrogens with one attached hydrogen (secondary N) is 1. The van der Waals surface area contributed by atoms with E-state index < -0.39 is 5.97 Å². The minimum absolute atomic E-state index is 0.200. The Hall–Kier alpha value is -3.49. The topological polar surface area (TPSA) is 66.4 Å². The SMILES string of the molecule is CSc1ccc(CC#Cc2cccc(C(=O)NCc3ccc(C(=O)O)cc3)c2)cc1. The smallest absolute Gasteiger partial charge is 0.335 e. The molecule has 0 atom stereocenters. The zero-order chi connectivity index (χ0) is 21.3. The summed E-state index contributed by atoms with van der Waals surface area (Å²) in [5.74, 6) is 5.10. The van der Waals surface area contributed by atoms with Crippen LogP contribution < -0.4 is 5.32 Å². The van der Waals surface area contributed by atoms with Gasteiger partial charge in [-0.05, 0) is 59.8 Å². The van der Waals surface area contributed by atoms with Crippen molar-refractivity contribution in [1.82, 2.24) is 5.32 Å². The van der Waals surface area contributed by atoms with Gasteiger partial charge in [-0.25, -0.2) is 4.79 Å². The van der Waals surface area contributed by atoms with Gasteiger partial charge in [0.25, 0.3) is 5.91 Å². The lowest BCUT2D eigenvalue weighted by Gasteiger charge is -2.06. The van der Waals surface area contributed by atoms with Gasteiger partial charge in [0.1, 0.15) is 0 Å². The van der Waals surface area contributed by atoms with E-state index in [9.17, 15) is 9.59 Å². The first-order valence-corrected chi connectivity index (χ1v) is 10.6. The molecule has 0 aliphatic heterocycles. The predicted molar refractivity (Wildman–Crippen MR) is 120 cm³/mol. The molecule has 0 radical (unpaired) electrons. The third-order valence-corrected chi connectivity index (χ3v) is 5.21. The molecule has 150 valence electrons. The number of benzene rings is 3. The van der Waals surface area contributed by atoms with Gasteiger partial charge in [0, 0.05) is 29.0 Å². The van der Waals surface area contributed by atoms with Crippen molar-refractivity contribution in [2.24, 2.45) is 0 Å². The van der Waals surface area contributed by atoms with Gasteiger partial charge in [-0.2, -0.15) is 0 Å². The summed E-state index contributed by atoms with van der Waals surface area (Å²) in [6.45, 7) is 0.320. The summed E-state index contributed by atoms with van der Waals surface area (Å²) in [6, 6.07) is 22.0. The maximum atomic E-state index is 12.4.